The van der Waals surface area contributed by atoms with E-state index in [0.29, 0.717) is 11.3 Å². The number of nitrogens with zero attached hydrogens (tertiary/aromatic N) is 4. The molecule has 0 saturated heterocycles. The molecule has 4 rings (SSSR count). The molecule has 2 aromatic carbocycles. The molecule has 0 amide bonds. The number of nitrogens with one attached hydrogen (secondary N) is 1. The van der Waals surface area contributed by atoms with E-state index in [-0.39, 0.29) is 44.8 Å². The molecule has 36 heavy (non-hydrogen) atoms. The van der Waals surface area contributed by atoms with E-state index >= 15 is 0 Å². The van der Waals surface area contributed by atoms with Gasteiger partial charge in [0.15, 0.2) is 22.3 Å². The SMILES string of the molecule is COc1cc(-c2c(C#N)c(N)[nH]c(=O)c2C#N)ccc1Oc1cnn(-c2ccc(C)cc2)c(=O)c1Cl. The highest BCUT2D eigenvalue weighted by atomic mass is 35.5. The van der Waals surface area contributed by atoms with E-state index in [2.05, 4.69) is 10.1 Å². The molecule has 178 valence electrons. The Morgan fingerprint density at radius 2 is 1.72 bits per heavy atom. The molecule has 0 saturated carbocycles. The van der Waals surface area contributed by atoms with Gasteiger partial charge in [-0.05, 0) is 36.8 Å². The van der Waals surface area contributed by atoms with Crippen molar-refractivity contribution < 1.29 is 9.47 Å². The minimum Gasteiger partial charge on any atom is -0.493 e. The molecule has 0 fully saturated rings. The summed E-state index contributed by atoms with van der Waals surface area (Å²) in [7, 11) is 1.38. The number of hydrogen-bond donors (Lipinski definition) is 2. The maximum absolute atomic E-state index is 12.8. The second-order valence-corrected chi connectivity index (χ2v) is 7.94. The average Bonchev–Trinajstić information content (AvgIpc) is 2.87. The number of benzene rings is 2. The predicted octanol–water partition coefficient (Wildman–Crippen LogP) is 3.68. The Bertz CT molecular complexity index is 1690. The summed E-state index contributed by atoms with van der Waals surface area (Å²) < 4.78 is 12.4. The molecular weight excluding hydrogens is 484 g/mol. The first-order valence-corrected chi connectivity index (χ1v) is 10.7. The maximum atomic E-state index is 12.8. The fourth-order valence-corrected chi connectivity index (χ4v) is 3.68. The first kappa shape index (κ1) is 24.1. The highest BCUT2D eigenvalue weighted by molar-refractivity contribution is 6.31. The molecule has 0 aliphatic carbocycles. The quantitative estimate of drug-likeness (QED) is 0.419. The lowest BCUT2D eigenvalue weighted by Crippen LogP contribution is -2.21. The Morgan fingerprint density at radius 1 is 1.03 bits per heavy atom. The van der Waals surface area contributed by atoms with E-state index in [1.165, 1.54) is 31.5 Å². The van der Waals surface area contributed by atoms with Gasteiger partial charge in [0.2, 0.25) is 0 Å². The van der Waals surface area contributed by atoms with Crippen molar-refractivity contribution in [2.75, 3.05) is 12.8 Å². The Hall–Kier alpha value is -5.06. The standard InChI is InChI=1S/C25H17ClN6O4/c1-13-3-6-15(7-4-13)32-25(34)22(26)20(12-30-32)36-18-8-5-14(9-19(18)35-2)21-16(10-27)23(29)31-24(33)17(21)11-28/h3-9,12H,1-2H3,(H3,29,31,33). The summed E-state index contributed by atoms with van der Waals surface area (Å²) in [5.41, 5.74) is 6.10. The van der Waals surface area contributed by atoms with Crippen molar-refractivity contribution in [3.8, 4) is 46.2 Å². The van der Waals surface area contributed by atoms with Gasteiger partial charge in [0.25, 0.3) is 11.1 Å². The lowest BCUT2D eigenvalue weighted by molar-refractivity contribution is 0.378. The fraction of sp³-hybridized carbons (Fsp3) is 0.0800. The number of halogens is 1. The lowest BCUT2D eigenvalue weighted by Gasteiger charge is -2.14. The van der Waals surface area contributed by atoms with Crippen LogP contribution in [0, 0.1) is 29.6 Å². The summed E-state index contributed by atoms with van der Waals surface area (Å²) in [6.07, 6.45) is 1.30. The number of nitriles is 2. The molecule has 0 aliphatic rings. The molecule has 0 bridgehead atoms. The molecule has 11 heteroatoms. The highest BCUT2D eigenvalue weighted by Crippen LogP contribution is 2.38. The van der Waals surface area contributed by atoms with E-state index < -0.39 is 11.1 Å². The predicted molar refractivity (Wildman–Crippen MR) is 133 cm³/mol. The van der Waals surface area contributed by atoms with Crippen molar-refractivity contribution in [3.05, 3.63) is 91.1 Å². The van der Waals surface area contributed by atoms with Crippen LogP contribution in [0.25, 0.3) is 16.8 Å². The van der Waals surface area contributed by atoms with Crippen LogP contribution in [0.4, 0.5) is 5.82 Å². The van der Waals surface area contributed by atoms with Gasteiger partial charge in [0, 0.05) is 5.56 Å². The topological polar surface area (TPSA) is 160 Å². The van der Waals surface area contributed by atoms with E-state index in [1.54, 1.807) is 18.2 Å². The number of anilines is 1. The summed E-state index contributed by atoms with van der Waals surface area (Å²) in [5.74, 6) is 0.180. The normalized spacial score (nSPS) is 10.4. The third-order valence-electron chi connectivity index (χ3n) is 5.31. The van der Waals surface area contributed by atoms with Gasteiger partial charge in [-0.1, -0.05) is 35.4 Å². The van der Waals surface area contributed by atoms with Gasteiger partial charge in [-0.15, -0.1) is 0 Å². The number of aryl methyl sites for hydroxylation is 1. The molecule has 0 atom stereocenters. The lowest BCUT2D eigenvalue weighted by atomic mass is 9.96. The second kappa shape index (κ2) is 9.66. The average molecular weight is 501 g/mol. The number of H-pyrrole nitrogens is 1. The smallest absolute Gasteiger partial charge is 0.294 e. The second-order valence-electron chi connectivity index (χ2n) is 7.56. The zero-order chi connectivity index (χ0) is 26.0. The van der Waals surface area contributed by atoms with Crippen molar-refractivity contribution in [1.29, 1.82) is 10.5 Å². The number of nitrogen functional groups attached to an aromatic ring is 1. The number of aromatic nitrogens is 3. The number of hydrogen-bond acceptors (Lipinski definition) is 8. The molecule has 3 N–H and O–H groups in total. The molecule has 0 radical (unpaired) electrons. The van der Waals surface area contributed by atoms with Crippen LogP contribution >= 0.6 is 11.6 Å². The minimum atomic E-state index is -0.727. The van der Waals surface area contributed by atoms with E-state index in [9.17, 15) is 20.1 Å². The van der Waals surface area contributed by atoms with Crippen LogP contribution in [0.2, 0.25) is 5.02 Å². The van der Waals surface area contributed by atoms with Crippen LogP contribution in [-0.2, 0) is 0 Å². The van der Waals surface area contributed by atoms with Crippen LogP contribution in [0.5, 0.6) is 17.2 Å². The van der Waals surface area contributed by atoms with Gasteiger partial charge in [0.05, 0.1) is 19.0 Å². The Kier molecular flexibility index (Phi) is 6.46. The Morgan fingerprint density at radius 3 is 2.36 bits per heavy atom. The van der Waals surface area contributed by atoms with Crippen LogP contribution < -0.4 is 26.3 Å². The summed E-state index contributed by atoms with van der Waals surface area (Å²) in [6.45, 7) is 1.93. The molecule has 2 aromatic heterocycles. The molecule has 0 unspecified atom stereocenters. The van der Waals surface area contributed by atoms with E-state index in [1.807, 2.05) is 25.1 Å². The first-order chi connectivity index (χ1) is 17.3. The molecule has 2 heterocycles. The first-order valence-electron chi connectivity index (χ1n) is 10.4. The van der Waals surface area contributed by atoms with Gasteiger partial charge >= 0.3 is 0 Å². The summed E-state index contributed by atoms with van der Waals surface area (Å²) in [4.78, 5) is 27.3. The van der Waals surface area contributed by atoms with Crippen molar-refractivity contribution in [2.24, 2.45) is 0 Å². The minimum absolute atomic E-state index is 0.00749. The summed E-state index contributed by atoms with van der Waals surface area (Å²) in [5, 5.41) is 23.0. The number of ether oxygens (including phenoxy) is 2. The molecule has 4 aromatic rings. The van der Waals surface area contributed by atoms with Crippen LogP contribution in [0.3, 0.4) is 0 Å². The number of rotatable bonds is 5. The van der Waals surface area contributed by atoms with Crippen molar-refractivity contribution >= 4 is 17.4 Å². The third kappa shape index (κ3) is 4.25. The molecule has 10 nitrogen and oxygen atoms in total. The maximum Gasteiger partial charge on any atom is 0.294 e. The van der Waals surface area contributed by atoms with Crippen molar-refractivity contribution in [1.82, 2.24) is 14.8 Å². The molecule has 0 spiro atoms. The highest BCUT2D eigenvalue weighted by Gasteiger charge is 2.21. The van der Waals surface area contributed by atoms with Gasteiger partial charge in [-0.2, -0.15) is 20.3 Å². The summed E-state index contributed by atoms with van der Waals surface area (Å²) >= 11 is 6.30. The Balaban J connectivity index is 1.76. The van der Waals surface area contributed by atoms with Crippen LogP contribution in [-0.4, -0.2) is 21.9 Å². The van der Waals surface area contributed by atoms with Gasteiger partial charge < -0.3 is 20.2 Å². The third-order valence-corrected chi connectivity index (χ3v) is 5.65. The van der Waals surface area contributed by atoms with Gasteiger partial charge in [-0.25, -0.2) is 0 Å². The number of nitrogens with two attached hydrogens (primary N) is 1. The largest absolute Gasteiger partial charge is 0.493 e. The molecule has 0 aliphatic heterocycles. The Labute approximate surface area is 209 Å². The zero-order valence-corrected chi connectivity index (χ0v) is 19.8. The number of methoxy groups -OCH3 is 1. The zero-order valence-electron chi connectivity index (χ0n) is 19.0. The molecular formula is C25H17ClN6O4. The fourth-order valence-electron chi connectivity index (χ4n) is 3.52. The van der Waals surface area contributed by atoms with Crippen molar-refractivity contribution in [2.45, 2.75) is 6.92 Å². The van der Waals surface area contributed by atoms with Crippen molar-refractivity contribution in [3.63, 3.8) is 0 Å². The van der Waals surface area contributed by atoms with Gasteiger partial charge in [0.1, 0.15) is 29.1 Å². The summed E-state index contributed by atoms with van der Waals surface area (Å²) in [6, 6.07) is 15.4. The number of pyridine rings is 1. The van der Waals surface area contributed by atoms with Crippen LogP contribution in [0.1, 0.15) is 16.7 Å². The van der Waals surface area contributed by atoms with Gasteiger partial charge in [-0.3, -0.25) is 9.59 Å². The van der Waals surface area contributed by atoms with Crippen LogP contribution in [0.15, 0.2) is 58.3 Å². The number of aromatic amines is 1. The van der Waals surface area contributed by atoms with E-state index in [4.69, 9.17) is 26.8 Å². The monoisotopic (exact) mass is 500 g/mol. The van der Waals surface area contributed by atoms with E-state index in [0.717, 1.165) is 10.2 Å².